The molecule has 1 atom stereocenters. The molecule has 2 aromatic rings. The number of carbonyl (C=O) groups excluding carboxylic acids is 1. The van der Waals surface area contributed by atoms with Crippen molar-refractivity contribution in [3.8, 4) is 0 Å². The maximum atomic E-state index is 12.5. The molecule has 112 valence electrons. The van der Waals surface area contributed by atoms with Crippen LogP contribution in [0.3, 0.4) is 0 Å². The molecule has 0 aromatic carbocycles. The lowest BCUT2D eigenvalue weighted by molar-refractivity contribution is 0.0550. The van der Waals surface area contributed by atoms with E-state index in [1.807, 2.05) is 6.92 Å². The van der Waals surface area contributed by atoms with Gasteiger partial charge in [0.2, 0.25) is 0 Å². The fraction of sp³-hybridized carbons (Fsp3) is 0.385. The van der Waals surface area contributed by atoms with Gasteiger partial charge >= 0.3 is 6.55 Å². The zero-order valence-corrected chi connectivity index (χ0v) is 11.6. The van der Waals surface area contributed by atoms with E-state index < -0.39 is 12.5 Å². The Bertz CT molecular complexity index is 602. The summed E-state index contributed by atoms with van der Waals surface area (Å²) in [6.45, 7) is -0.912. The first-order valence-electron chi connectivity index (χ1n) is 6.34. The standard InChI is InChI=1S/C13H15F2N5O/c1-9(7-10-8-16-4-5-17-10)19(2)12(21)11-3-6-20(18-11)13(14)15/h3-6,8-9,13H,7H2,1-2H3/t9-/m1/s1. The Morgan fingerprint density at radius 2 is 2.19 bits per heavy atom. The molecule has 2 aromatic heterocycles. The van der Waals surface area contributed by atoms with Gasteiger partial charge in [-0.2, -0.15) is 13.9 Å². The van der Waals surface area contributed by atoms with Crippen LogP contribution in [0.2, 0.25) is 0 Å². The van der Waals surface area contributed by atoms with Crippen LogP contribution in [0.4, 0.5) is 8.78 Å². The van der Waals surface area contributed by atoms with Gasteiger partial charge in [-0.3, -0.25) is 14.8 Å². The van der Waals surface area contributed by atoms with Crippen molar-refractivity contribution in [2.75, 3.05) is 7.05 Å². The number of hydrogen-bond donors (Lipinski definition) is 0. The van der Waals surface area contributed by atoms with E-state index in [1.54, 1.807) is 25.6 Å². The highest BCUT2D eigenvalue weighted by Crippen LogP contribution is 2.12. The van der Waals surface area contributed by atoms with Crippen LogP contribution < -0.4 is 0 Å². The fourth-order valence-corrected chi connectivity index (χ4v) is 1.82. The molecule has 0 N–H and O–H groups in total. The van der Waals surface area contributed by atoms with Crippen LogP contribution in [0, 0.1) is 0 Å². The quantitative estimate of drug-likeness (QED) is 0.843. The summed E-state index contributed by atoms with van der Waals surface area (Å²) in [5.74, 6) is -0.411. The van der Waals surface area contributed by atoms with E-state index in [0.717, 1.165) is 11.9 Å². The summed E-state index contributed by atoms with van der Waals surface area (Å²) >= 11 is 0. The monoisotopic (exact) mass is 295 g/mol. The summed E-state index contributed by atoms with van der Waals surface area (Å²) in [5, 5.41) is 3.57. The van der Waals surface area contributed by atoms with Crippen molar-refractivity contribution in [3.05, 3.63) is 42.2 Å². The summed E-state index contributed by atoms with van der Waals surface area (Å²) in [7, 11) is 1.60. The topological polar surface area (TPSA) is 63.9 Å². The lowest BCUT2D eigenvalue weighted by atomic mass is 10.1. The number of alkyl halides is 2. The van der Waals surface area contributed by atoms with Gasteiger partial charge in [-0.25, -0.2) is 4.68 Å². The predicted octanol–water partition coefficient (Wildman–Crippen LogP) is 1.77. The fourth-order valence-electron chi connectivity index (χ4n) is 1.82. The van der Waals surface area contributed by atoms with Gasteiger partial charge in [0.15, 0.2) is 5.69 Å². The van der Waals surface area contributed by atoms with Gasteiger partial charge in [0.25, 0.3) is 5.91 Å². The van der Waals surface area contributed by atoms with Gasteiger partial charge in [-0.05, 0) is 13.0 Å². The van der Waals surface area contributed by atoms with E-state index in [9.17, 15) is 13.6 Å². The molecule has 0 saturated heterocycles. The molecule has 0 unspecified atom stereocenters. The van der Waals surface area contributed by atoms with Gasteiger partial charge in [-0.1, -0.05) is 0 Å². The second-order valence-corrected chi connectivity index (χ2v) is 4.62. The number of amides is 1. The molecule has 21 heavy (non-hydrogen) atoms. The molecule has 0 fully saturated rings. The van der Waals surface area contributed by atoms with Crippen LogP contribution in [0.15, 0.2) is 30.9 Å². The maximum Gasteiger partial charge on any atom is 0.333 e. The zero-order chi connectivity index (χ0) is 15.4. The SMILES string of the molecule is C[C@H](Cc1cnccn1)N(C)C(=O)c1ccn(C(F)F)n1. The summed E-state index contributed by atoms with van der Waals surface area (Å²) in [5.41, 5.74) is 0.742. The third kappa shape index (κ3) is 3.59. The first kappa shape index (κ1) is 15.0. The summed E-state index contributed by atoms with van der Waals surface area (Å²) < 4.78 is 25.4. The maximum absolute atomic E-state index is 12.5. The minimum Gasteiger partial charge on any atom is -0.337 e. The minimum absolute atomic E-state index is 0.0104. The molecule has 0 spiro atoms. The molecular weight excluding hydrogens is 280 g/mol. The van der Waals surface area contributed by atoms with Crippen LogP contribution in [-0.2, 0) is 6.42 Å². The van der Waals surface area contributed by atoms with Crippen molar-refractivity contribution in [1.82, 2.24) is 24.6 Å². The van der Waals surface area contributed by atoms with Crippen molar-refractivity contribution in [1.29, 1.82) is 0 Å². The predicted molar refractivity (Wildman–Crippen MR) is 70.8 cm³/mol. The largest absolute Gasteiger partial charge is 0.337 e. The second kappa shape index (κ2) is 6.38. The average molecular weight is 295 g/mol. The molecule has 0 radical (unpaired) electrons. The van der Waals surface area contributed by atoms with Crippen molar-refractivity contribution in [2.24, 2.45) is 0 Å². The van der Waals surface area contributed by atoms with Crippen LogP contribution in [-0.4, -0.2) is 43.6 Å². The average Bonchev–Trinajstić information content (AvgIpc) is 2.96. The van der Waals surface area contributed by atoms with Crippen LogP contribution in [0.5, 0.6) is 0 Å². The number of hydrogen-bond acceptors (Lipinski definition) is 4. The Labute approximate surface area is 120 Å². The molecule has 2 rings (SSSR count). The Morgan fingerprint density at radius 3 is 2.76 bits per heavy atom. The van der Waals surface area contributed by atoms with Gasteiger partial charge in [0.1, 0.15) is 0 Å². The van der Waals surface area contributed by atoms with Gasteiger partial charge in [0, 0.05) is 44.3 Å². The summed E-state index contributed by atoms with van der Waals surface area (Å²) in [4.78, 5) is 21.7. The molecule has 1 amide bonds. The smallest absolute Gasteiger partial charge is 0.333 e. The Kier molecular flexibility index (Phi) is 4.56. The normalized spacial score (nSPS) is 12.4. The molecule has 2 heterocycles. The molecule has 0 bridgehead atoms. The second-order valence-electron chi connectivity index (χ2n) is 4.62. The van der Waals surface area contributed by atoms with Crippen molar-refractivity contribution >= 4 is 5.91 Å². The van der Waals surface area contributed by atoms with E-state index in [-0.39, 0.29) is 11.7 Å². The lowest BCUT2D eigenvalue weighted by Crippen LogP contribution is -2.37. The number of nitrogens with zero attached hydrogens (tertiary/aromatic N) is 5. The van der Waals surface area contributed by atoms with E-state index >= 15 is 0 Å². The van der Waals surface area contributed by atoms with Crippen molar-refractivity contribution in [2.45, 2.75) is 25.9 Å². The van der Waals surface area contributed by atoms with Crippen LogP contribution in [0.1, 0.15) is 29.7 Å². The van der Waals surface area contributed by atoms with E-state index in [4.69, 9.17) is 0 Å². The Morgan fingerprint density at radius 1 is 1.43 bits per heavy atom. The van der Waals surface area contributed by atoms with E-state index in [0.29, 0.717) is 11.1 Å². The van der Waals surface area contributed by atoms with E-state index in [2.05, 4.69) is 15.1 Å². The van der Waals surface area contributed by atoms with E-state index in [1.165, 1.54) is 11.0 Å². The van der Waals surface area contributed by atoms with Crippen LogP contribution in [0.25, 0.3) is 0 Å². The molecule has 0 aliphatic rings. The van der Waals surface area contributed by atoms with Crippen molar-refractivity contribution in [3.63, 3.8) is 0 Å². The minimum atomic E-state index is -2.76. The number of aromatic nitrogens is 4. The molecule has 6 nitrogen and oxygen atoms in total. The highest BCUT2D eigenvalue weighted by Gasteiger charge is 2.21. The Hall–Kier alpha value is -2.38. The third-order valence-electron chi connectivity index (χ3n) is 3.13. The van der Waals surface area contributed by atoms with Crippen molar-refractivity contribution < 1.29 is 13.6 Å². The van der Waals surface area contributed by atoms with Gasteiger partial charge in [-0.15, -0.1) is 0 Å². The van der Waals surface area contributed by atoms with Gasteiger partial charge < -0.3 is 4.90 Å². The highest BCUT2D eigenvalue weighted by molar-refractivity contribution is 5.92. The molecular formula is C13H15F2N5O. The van der Waals surface area contributed by atoms with Gasteiger partial charge in [0.05, 0.1) is 5.69 Å². The first-order chi connectivity index (χ1) is 9.99. The number of likely N-dealkylation sites (N-methyl/N-ethyl adjacent to an activating group) is 1. The first-order valence-corrected chi connectivity index (χ1v) is 6.34. The summed E-state index contributed by atoms with van der Waals surface area (Å²) in [6, 6.07) is 1.12. The van der Waals surface area contributed by atoms with Crippen LogP contribution >= 0.6 is 0 Å². The Balaban J connectivity index is 2.04. The lowest BCUT2D eigenvalue weighted by Gasteiger charge is -2.23. The number of carbonyl (C=O) groups is 1. The number of halogens is 2. The molecule has 0 aliphatic carbocycles. The number of rotatable bonds is 5. The summed E-state index contributed by atoms with van der Waals surface area (Å²) in [6.07, 6.45) is 6.37. The third-order valence-corrected chi connectivity index (χ3v) is 3.13. The zero-order valence-electron chi connectivity index (χ0n) is 11.6. The molecule has 0 saturated carbocycles. The highest BCUT2D eigenvalue weighted by atomic mass is 19.3. The molecule has 8 heteroatoms. The molecule has 0 aliphatic heterocycles.